The number of halogens is 3. The molecule has 138 valence electrons. The van der Waals surface area contributed by atoms with Crippen LogP contribution in [0.2, 0.25) is 0 Å². The number of nitrogens with one attached hydrogen (secondary N) is 2. The molecule has 2 aromatic carbocycles. The maximum Gasteiger partial charge on any atom is 0.416 e. The van der Waals surface area contributed by atoms with Crippen molar-refractivity contribution >= 4 is 27.3 Å². The van der Waals surface area contributed by atoms with Gasteiger partial charge in [-0.1, -0.05) is 6.07 Å². The second-order valence-corrected chi connectivity index (χ2v) is 7.65. The van der Waals surface area contributed by atoms with E-state index in [0.29, 0.717) is 5.69 Å². The van der Waals surface area contributed by atoms with Gasteiger partial charge < -0.3 is 5.32 Å². The van der Waals surface area contributed by atoms with Crippen molar-refractivity contribution in [3.8, 4) is 0 Å². The number of hydrogen-bond acceptors (Lipinski definition) is 3. The number of benzene rings is 2. The van der Waals surface area contributed by atoms with E-state index in [4.69, 9.17) is 0 Å². The highest BCUT2D eigenvalue weighted by Gasteiger charge is 2.31. The average molecular weight is 384 g/mol. The minimum atomic E-state index is -4.57. The summed E-state index contributed by atoms with van der Waals surface area (Å²) >= 11 is 0. The summed E-state index contributed by atoms with van der Waals surface area (Å²) in [6.45, 7) is 0. The molecule has 0 aliphatic heterocycles. The Bertz CT molecular complexity index is 921. The Morgan fingerprint density at radius 1 is 1.00 bits per heavy atom. The van der Waals surface area contributed by atoms with Crippen molar-refractivity contribution in [3.05, 3.63) is 54.1 Å². The lowest BCUT2D eigenvalue weighted by molar-refractivity contribution is -0.137. The lowest BCUT2D eigenvalue weighted by atomic mass is 10.2. The summed E-state index contributed by atoms with van der Waals surface area (Å²) in [5.41, 5.74) is -0.679. The molecule has 0 unspecified atom stereocenters. The van der Waals surface area contributed by atoms with Crippen molar-refractivity contribution in [1.29, 1.82) is 0 Å². The first-order valence-corrected chi connectivity index (χ1v) is 9.24. The Labute approximate surface area is 148 Å². The summed E-state index contributed by atoms with van der Waals surface area (Å²) in [6, 6.07) is 9.35. The molecule has 0 heterocycles. The molecule has 2 aromatic rings. The van der Waals surface area contributed by atoms with Crippen LogP contribution in [0.3, 0.4) is 0 Å². The lowest BCUT2D eigenvalue weighted by Gasteiger charge is -2.12. The molecule has 1 fully saturated rings. The average Bonchev–Trinajstić information content (AvgIpc) is 3.39. The van der Waals surface area contributed by atoms with E-state index in [2.05, 4.69) is 10.0 Å². The molecular weight excluding hydrogens is 369 g/mol. The zero-order chi connectivity index (χ0) is 18.9. The molecule has 0 radical (unpaired) electrons. The highest BCUT2D eigenvalue weighted by atomic mass is 32.2. The number of rotatable bonds is 5. The Hall–Kier alpha value is -2.55. The maximum atomic E-state index is 12.7. The number of sulfonamides is 1. The summed E-state index contributed by atoms with van der Waals surface area (Å²) in [6.07, 6.45) is -2.87. The van der Waals surface area contributed by atoms with Gasteiger partial charge in [0.2, 0.25) is 5.91 Å². The van der Waals surface area contributed by atoms with Crippen molar-refractivity contribution in [1.82, 2.24) is 0 Å². The van der Waals surface area contributed by atoms with Gasteiger partial charge in [-0.15, -0.1) is 0 Å². The fourth-order valence-corrected chi connectivity index (χ4v) is 3.33. The van der Waals surface area contributed by atoms with E-state index in [0.717, 1.165) is 31.0 Å². The van der Waals surface area contributed by atoms with E-state index in [1.165, 1.54) is 30.3 Å². The third-order valence-electron chi connectivity index (χ3n) is 3.82. The fourth-order valence-electron chi connectivity index (χ4n) is 2.28. The molecule has 1 aliphatic carbocycles. The minimum Gasteiger partial charge on any atom is -0.326 e. The smallest absolute Gasteiger partial charge is 0.326 e. The van der Waals surface area contributed by atoms with E-state index < -0.39 is 21.8 Å². The van der Waals surface area contributed by atoms with Gasteiger partial charge >= 0.3 is 6.18 Å². The van der Waals surface area contributed by atoms with Crippen LogP contribution in [0.4, 0.5) is 24.5 Å². The summed E-state index contributed by atoms with van der Waals surface area (Å²) < 4.78 is 65.0. The summed E-state index contributed by atoms with van der Waals surface area (Å²) in [5.74, 6) is -0.0938. The largest absolute Gasteiger partial charge is 0.416 e. The van der Waals surface area contributed by atoms with Gasteiger partial charge in [0, 0.05) is 17.3 Å². The number of hydrogen-bond donors (Lipinski definition) is 2. The molecule has 0 atom stereocenters. The number of carbonyl (C=O) groups excluding carboxylic acids is 1. The number of anilines is 2. The lowest BCUT2D eigenvalue weighted by Crippen LogP contribution is -2.15. The SMILES string of the molecule is O=C(Nc1ccc(S(=O)(=O)Nc2cccc(C(F)(F)F)c2)cc1)C1CC1. The Morgan fingerprint density at radius 3 is 2.23 bits per heavy atom. The first-order valence-electron chi connectivity index (χ1n) is 7.76. The van der Waals surface area contributed by atoms with Gasteiger partial charge in [0.25, 0.3) is 10.0 Å². The summed E-state index contributed by atoms with van der Waals surface area (Å²) in [4.78, 5) is 11.6. The molecule has 0 saturated heterocycles. The van der Waals surface area contributed by atoms with E-state index >= 15 is 0 Å². The van der Waals surface area contributed by atoms with Crippen molar-refractivity contribution < 1.29 is 26.4 Å². The van der Waals surface area contributed by atoms with Gasteiger partial charge in [-0.05, 0) is 55.3 Å². The highest BCUT2D eigenvalue weighted by molar-refractivity contribution is 7.92. The van der Waals surface area contributed by atoms with Crippen LogP contribution in [0.15, 0.2) is 53.4 Å². The molecule has 0 aromatic heterocycles. The van der Waals surface area contributed by atoms with Crippen LogP contribution in [0, 0.1) is 5.92 Å². The molecule has 26 heavy (non-hydrogen) atoms. The van der Waals surface area contributed by atoms with E-state index in [9.17, 15) is 26.4 Å². The quantitative estimate of drug-likeness (QED) is 0.822. The fraction of sp³-hybridized carbons (Fsp3) is 0.235. The molecule has 2 N–H and O–H groups in total. The van der Waals surface area contributed by atoms with E-state index in [1.807, 2.05) is 0 Å². The van der Waals surface area contributed by atoms with Crippen LogP contribution in [-0.2, 0) is 21.0 Å². The highest BCUT2D eigenvalue weighted by Crippen LogP contribution is 2.32. The van der Waals surface area contributed by atoms with Crippen molar-refractivity contribution in [2.75, 3.05) is 10.0 Å². The molecule has 0 bridgehead atoms. The van der Waals surface area contributed by atoms with Crippen LogP contribution < -0.4 is 10.0 Å². The molecule has 5 nitrogen and oxygen atoms in total. The predicted molar refractivity (Wildman–Crippen MR) is 90.0 cm³/mol. The first kappa shape index (κ1) is 18.2. The van der Waals surface area contributed by atoms with Crippen molar-refractivity contribution in [3.63, 3.8) is 0 Å². The number of alkyl halides is 3. The normalized spacial score (nSPS) is 14.7. The van der Waals surface area contributed by atoms with Gasteiger partial charge in [0.15, 0.2) is 0 Å². The van der Waals surface area contributed by atoms with Gasteiger partial charge in [0.1, 0.15) is 0 Å². The van der Waals surface area contributed by atoms with Gasteiger partial charge in [-0.3, -0.25) is 9.52 Å². The monoisotopic (exact) mass is 384 g/mol. The summed E-state index contributed by atoms with van der Waals surface area (Å²) in [5, 5.41) is 2.68. The first-order chi connectivity index (χ1) is 12.1. The molecule has 1 amide bonds. The van der Waals surface area contributed by atoms with Gasteiger partial charge in [-0.2, -0.15) is 13.2 Å². The molecule has 3 rings (SSSR count). The maximum absolute atomic E-state index is 12.7. The Kier molecular flexibility index (Phi) is 4.66. The molecule has 0 spiro atoms. The van der Waals surface area contributed by atoms with E-state index in [1.54, 1.807) is 0 Å². The molecule has 1 saturated carbocycles. The second-order valence-electron chi connectivity index (χ2n) is 5.97. The standard InChI is InChI=1S/C17H15F3N2O3S/c18-17(19,20)12-2-1-3-14(10-12)22-26(24,25)15-8-6-13(7-9-15)21-16(23)11-4-5-11/h1-3,6-11,22H,4-5H2,(H,21,23). The van der Waals surface area contributed by atoms with Gasteiger partial charge in [0.05, 0.1) is 10.5 Å². The molecule has 1 aliphatic rings. The van der Waals surface area contributed by atoms with Crippen LogP contribution in [-0.4, -0.2) is 14.3 Å². The van der Waals surface area contributed by atoms with Crippen molar-refractivity contribution in [2.45, 2.75) is 23.9 Å². The molecule has 9 heteroatoms. The van der Waals surface area contributed by atoms with Crippen LogP contribution in [0.25, 0.3) is 0 Å². The Balaban J connectivity index is 1.74. The topological polar surface area (TPSA) is 75.3 Å². The third kappa shape index (κ3) is 4.34. The van der Waals surface area contributed by atoms with Crippen LogP contribution in [0.5, 0.6) is 0 Å². The number of amides is 1. The van der Waals surface area contributed by atoms with Crippen LogP contribution >= 0.6 is 0 Å². The summed E-state index contributed by atoms with van der Waals surface area (Å²) in [7, 11) is -4.05. The number of carbonyl (C=O) groups is 1. The Morgan fingerprint density at radius 2 is 1.65 bits per heavy atom. The molecular formula is C17H15F3N2O3S. The van der Waals surface area contributed by atoms with Crippen molar-refractivity contribution in [2.24, 2.45) is 5.92 Å². The van der Waals surface area contributed by atoms with Crippen LogP contribution in [0.1, 0.15) is 18.4 Å². The third-order valence-corrected chi connectivity index (χ3v) is 5.22. The predicted octanol–water partition coefficient (Wildman–Crippen LogP) is 3.85. The van der Waals surface area contributed by atoms with Gasteiger partial charge in [-0.25, -0.2) is 8.42 Å². The zero-order valence-corrected chi connectivity index (χ0v) is 14.2. The minimum absolute atomic E-state index is 0.0148. The van der Waals surface area contributed by atoms with E-state index in [-0.39, 0.29) is 22.4 Å². The zero-order valence-electron chi connectivity index (χ0n) is 13.4. The second kappa shape index (κ2) is 6.64.